The minimum atomic E-state index is 0. The monoisotopic (exact) mass is 494 g/mol. The van der Waals surface area contributed by atoms with E-state index >= 15 is 0 Å². The minimum absolute atomic E-state index is 0. The summed E-state index contributed by atoms with van der Waals surface area (Å²) in [7, 11) is 0. The Labute approximate surface area is 222 Å². The number of rotatable bonds is 8. The molecule has 0 radical (unpaired) electrons. The van der Waals surface area contributed by atoms with Gasteiger partial charge in [0.2, 0.25) is 0 Å². The molecule has 192 valence electrons. The van der Waals surface area contributed by atoms with Gasteiger partial charge in [0.05, 0.1) is 0 Å². The molecule has 0 N–H and O–H groups in total. The molecule has 3 heteroatoms. The largest absolute Gasteiger partial charge is 0.489 e. The molecule has 0 aliphatic carbocycles. The van der Waals surface area contributed by atoms with Crippen LogP contribution in [0.25, 0.3) is 5.57 Å². The van der Waals surface area contributed by atoms with Crippen LogP contribution in [0.4, 0.5) is 0 Å². The van der Waals surface area contributed by atoms with Gasteiger partial charge in [0.1, 0.15) is 24.7 Å². The lowest BCUT2D eigenvalue weighted by molar-refractivity contribution is 0.101. The highest BCUT2D eigenvalue weighted by Gasteiger charge is 2.05. The van der Waals surface area contributed by atoms with E-state index in [1.54, 1.807) is 6.92 Å². The Morgan fingerprint density at radius 3 is 1.41 bits per heavy atom. The van der Waals surface area contributed by atoms with Crippen molar-refractivity contribution in [1.82, 2.24) is 0 Å². The van der Waals surface area contributed by atoms with Gasteiger partial charge in [-0.3, -0.25) is 4.79 Å². The van der Waals surface area contributed by atoms with Crippen molar-refractivity contribution >= 4 is 11.4 Å². The predicted octanol–water partition coefficient (Wildman–Crippen LogP) is 9.02. The third kappa shape index (κ3) is 9.12. The highest BCUT2D eigenvalue weighted by atomic mass is 16.5. The maximum atomic E-state index is 11.3. The first-order chi connectivity index (χ1) is 17.3. The second kappa shape index (κ2) is 14.4. The molecule has 0 aliphatic rings. The van der Waals surface area contributed by atoms with Crippen molar-refractivity contribution in [3.8, 4) is 11.5 Å². The lowest BCUT2D eigenvalue weighted by Gasteiger charge is -2.10. The van der Waals surface area contributed by atoms with E-state index in [9.17, 15) is 4.79 Å². The summed E-state index contributed by atoms with van der Waals surface area (Å²) >= 11 is 0. The molecule has 0 aromatic heterocycles. The van der Waals surface area contributed by atoms with Crippen LogP contribution in [0.1, 0.15) is 59.4 Å². The third-order valence-electron chi connectivity index (χ3n) is 5.73. The van der Waals surface area contributed by atoms with Crippen molar-refractivity contribution < 1.29 is 14.3 Å². The highest BCUT2D eigenvalue weighted by Crippen LogP contribution is 2.23. The fraction of sp³-hybridized carbons (Fsp3) is 0.206. The Hall–Kier alpha value is -4.11. The number of benzene rings is 4. The van der Waals surface area contributed by atoms with Crippen molar-refractivity contribution in [1.29, 1.82) is 0 Å². The molecule has 0 bridgehead atoms. The van der Waals surface area contributed by atoms with Gasteiger partial charge in [-0.2, -0.15) is 0 Å². The lowest BCUT2D eigenvalue weighted by Crippen LogP contribution is -1.99. The summed E-state index contributed by atoms with van der Waals surface area (Å²) in [5, 5.41) is 0. The molecule has 0 fully saturated rings. The predicted molar refractivity (Wildman–Crippen MR) is 155 cm³/mol. The van der Waals surface area contributed by atoms with Crippen molar-refractivity contribution in [3.05, 3.63) is 137 Å². The van der Waals surface area contributed by atoms with Gasteiger partial charge < -0.3 is 9.47 Å². The molecule has 4 aromatic rings. The Morgan fingerprint density at radius 1 is 0.649 bits per heavy atom. The van der Waals surface area contributed by atoms with Crippen LogP contribution < -0.4 is 9.47 Å². The molecule has 0 unspecified atom stereocenters. The van der Waals surface area contributed by atoms with Crippen LogP contribution in [0.3, 0.4) is 0 Å². The molecule has 0 amide bonds. The van der Waals surface area contributed by atoms with Gasteiger partial charge in [0.15, 0.2) is 5.78 Å². The zero-order valence-electron chi connectivity index (χ0n) is 21.6. The van der Waals surface area contributed by atoms with Crippen molar-refractivity contribution in [2.75, 3.05) is 0 Å². The van der Waals surface area contributed by atoms with E-state index in [1.165, 1.54) is 16.7 Å². The van der Waals surface area contributed by atoms with Crippen molar-refractivity contribution in [2.45, 2.75) is 48.3 Å². The summed E-state index contributed by atoms with van der Waals surface area (Å²) in [6, 6.07) is 31.9. The quantitative estimate of drug-likeness (QED) is 0.229. The van der Waals surface area contributed by atoms with Crippen LogP contribution in [0.5, 0.6) is 11.5 Å². The molecule has 0 aliphatic heterocycles. The normalized spacial score (nSPS) is 9.84. The molecule has 0 atom stereocenters. The Balaban J connectivity index is 0.000000253. The summed E-state index contributed by atoms with van der Waals surface area (Å²) in [5.74, 6) is 1.78. The van der Waals surface area contributed by atoms with Crippen molar-refractivity contribution in [2.24, 2.45) is 0 Å². The van der Waals surface area contributed by atoms with Gasteiger partial charge >= 0.3 is 0 Å². The first kappa shape index (κ1) is 29.1. The summed E-state index contributed by atoms with van der Waals surface area (Å²) < 4.78 is 11.5. The number of carbonyl (C=O) groups is 1. The number of ether oxygens (including phenoxy) is 2. The Morgan fingerprint density at radius 2 is 1.05 bits per heavy atom. The van der Waals surface area contributed by atoms with Gasteiger partial charge in [0, 0.05) is 5.56 Å². The van der Waals surface area contributed by atoms with Crippen molar-refractivity contribution in [3.63, 3.8) is 0 Å². The number of hydrogen-bond acceptors (Lipinski definition) is 3. The smallest absolute Gasteiger partial charge is 0.160 e. The molecule has 4 aromatic carbocycles. The lowest BCUT2D eigenvalue weighted by atomic mass is 10.0. The topological polar surface area (TPSA) is 35.5 Å². The second-order valence-corrected chi connectivity index (χ2v) is 8.84. The van der Waals surface area contributed by atoms with Gasteiger partial charge in [0.25, 0.3) is 0 Å². The molecule has 0 saturated heterocycles. The summed E-state index contributed by atoms with van der Waals surface area (Å²) in [6.45, 7) is 12.7. The van der Waals surface area contributed by atoms with E-state index in [4.69, 9.17) is 9.47 Å². The number of ketones is 1. The SMILES string of the molecule is C.C=C(C)c1ccc(OCc2ccccc2)cc1C.CC(=O)c1ccc(OCc2ccccc2)cc1C. The summed E-state index contributed by atoms with van der Waals surface area (Å²) in [4.78, 5) is 11.3. The fourth-order valence-corrected chi connectivity index (χ4v) is 3.81. The van der Waals surface area contributed by atoms with Crippen LogP contribution >= 0.6 is 0 Å². The van der Waals surface area contributed by atoms with E-state index in [2.05, 4.69) is 37.8 Å². The van der Waals surface area contributed by atoms with Gasteiger partial charge in [-0.05, 0) is 85.8 Å². The van der Waals surface area contributed by atoms with Crippen LogP contribution in [-0.2, 0) is 13.2 Å². The van der Waals surface area contributed by atoms with E-state index in [0.29, 0.717) is 13.2 Å². The van der Waals surface area contributed by atoms with Crippen LogP contribution in [0.2, 0.25) is 0 Å². The minimum Gasteiger partial charge on any atom is -0.489 e. The average molecular weight is 495 g/mol. The second-order valence-electron chi connectivity index (χ2n) is 8.84. The average Bonchev–Trinajstić information content (AvgIpc) is 2.87. The standard InChI is InChI=1S/C17H18O.C16H16O2.CH4/c1-13(2)17-10-9-16(11-14(17)3)18-12-15-7-5-4-6-8-15;1-12-10-15(8-9-16(12)13(2)17)18-11-14-6-4-3-5-7-14;/h4-11H,1,12H2,2-3H3;3-10H,11H2,1-2H3;1H4. The zero-order valence-corrected chi connectivity index (χ0v) is 21.6. The number of Topliss-reactive ketones (excluding diaryl/α,β-unsaturated/α-hetero) is 1. The number of hydrogen-bond donors (Lipinski definition) is 0. The molecule has 0 spiro atoms. The Bertz CT molecular complexity index is 1190. The first-order valence-corrected chi connectivity index (χ1v) is 12.0. The Kier molecular flexibility index (Phi) is 11.4. The number of allylic oxidation sites excluding steroid dienone is 1. The molecule has 0 saturated carbocycles. The van der Waals surface area contributed by atoms with Crippen LogP contribution in [0, 0.1) is 13.8 Å². The van der Waals surface area contributed by atoms with E-state index in [1.807, 2.05) is 86.6 Å². The molecular formula is C34H38O3. The molecule has 4 rings (SSSR count). The number of aryl methyl sites for hydroxylation is 2. The fourth-order valence-electron chi connectivity index (χ4n) is 3.81. The zero-order chi connectivity index (χ0) is 25.9. The maximum Gasteiger partial charge on any atom is 0.160 e. The van der Waals surface area contributed by atoms with Gasteiger partial charge in [-0.1, -0.05) is 86.3 Å². The first-order valence-electron chi connectivity index (χ1n) is 12.0. The molecule has 3 nitrogen and oxygen atoms in total. The highest BCUT2D eigenvalue weighted by molar-refractivity contribution is 5.95. The van der Waals surface area contributed by atoms with Crippen LogP contribution in [-0.4, -0.2) is 5.78 Å². The van der Waals surface area contributed by atoms with E-state index in [0.717, 1.165) is 33.8 Å². The maximum absolute atomic E-state index is 11.3. The molecule has 0 heterocycles. The third-order valence-corrected chi connectivity index (χ3v) is 5.73. The summed E-state index contributed by atoms with van der Waals surface area (Å²) in [5.41, 5.74) is 7.50. The van der Waals surface area contributed by atoms with Crippen LogP contribution in [0.15, 0.2) is 104 Å². The number of carbonyl (C=O) groups excluding carboxylic acids is 1. The molecule has 37 heavy (non-hydrogen) atoms. The van der Waals surface area contributed by atoms with E-state index < -0.39 is 0 Å². The molecular weight excluding hydrogens is 456 g/mol. The van der Waals surface area contributed by atoms with E-state index in [-0.39, 0.29) is 13.2 Å². The van der Waals surface area contributed by atoms with Gasteiger partial charge in [-0.25, -0.2) is 0 Å². The summed E-state index contributed by atoms with van der Waals surface area (Å²) in [6.07, 6.45) is 0. The van der Waals surface area contributed by atoms with Gasteiger partial charge in [-0.15, -0.1) is 0 Å².